The van der Waals surface area contributed by atoms with Gasteiger partial charge in [-0.1, -0.05) is 44.2 Å². The van der Waals surface area contributed by atoms with E-state index in [4.69, 9.17) is 0 Å². The minimum Gasteiger partial charge on any atom is -0.480 e. The molecule has 0 radical (unpaired) electrons. The van der Waals surface area contributed by atoms with Crippen molar-refractivity contribution in [3.8, 4) is 0 Å². The van der Waals surface area contributed by atoms with E-state index in [2.05, 4.69) is 0 Å². The van der Waals surface area contributed by atoms with E-state index in [-0.39, 0.29) is 30.2 Å². The normalized spacial score (nSPS) is 16.4. The van der Waals surface area contributed by atoms with Crippen LogP contribution >= 0.6 is 0 Å². The number of carbonyl (C=O) groups is 3. The van der Waals surface area contributed by atoms with Crippen LogP contribution in [-0.4, -0.2) is 51.8 Å². The summed E-state index contributed by atoms with van der Waals surface area (Å²) in [6.45, 7) is 6.66. The molecule has 2 amide bonds. The van der Waals surface area contributed by atoms with E-state index in [9.17, 15) is 19.5 Å². The van der Waals surface area contributed by atoms with Crippen molar-refractivity contribution >= 4 is 17.8 Å². The van der Waals surface area contributed by atoms with Crippen molar-refractivity contribution in [2.24, 2.45) is 11.8 Å². The number of rotatable bonds is 6. The molecule has 1 fully saturated rings. The number of hydrogen-bond donors (Lipinski definition) is 1. The molecular formula is C20H28N2O4. The summed E-state index contributed by atoms with van der Waals surface area (Å²) < 4.78 is 0. The summed E-state index contributed by atoms with van der Waals surface area (Å²) >= 11 is 0. The van der Waals surface area contributed by atoms with Gasteiger partial charge < -0.3 is 14.9 Å². The Balaban J connectivity index is 2.07. The largest absolute Gasteiger partial charge is 0.480 e. The van der Waals surface area contributed by atoms with E-state index in [1.54, 1.807) is 11.8 Å². The highest BCUT2D eigenvalue weighted by atomic mass is 16.4. The average molecular weight is 360 g/mol. The minimum absolute atomic E-state index is 0.0520. The van der Waals surface area contributed by atoms with Crippen molar-refractivity contribution in [1.29, 1.82) is 0 Å². The van der Waals surface area contributed by atoms with Gasteiger partial charge in [-0.05, 0) is 25.3 Å². The van der Waals surface area contributed by atoms with Crippen molar-refractivity contribution in [2.45, 2.75) is 46.2 Å². The van der Waals surface area contributed by atoms with Crippen LogP contribution in [0.15, 0.2) is 30.3 Å². The topological polar surface area (TPSA) is 77.9 Å². The Kier molecular flexibility index (Phi) is 6.77. The molecule has 0 bridgehead atoms. The molecule has 142 valence electrons. The third kappa shape index (κ3) is 4.84. The quantitative estimate of drug-likeness (QED) is 0.845. The highest BCUT2D eigenvalue weighted by molar-refractivity contribution is 5.85. The van der Waals surface area contributed by atoms with Crippen LogP contribution in [0.5, 0.6) is 0 Å². The number of aliphatic carboxylic acids is 1. The van der Waals surface area contributed by atoms with E-state index in [1.165, 1.54) is 4.90 Å². The molecule has 1 aromatic carbocycles. The van der Waals surface area contributed by atoms with Crippen LogP contribution in [0.1, 0.15) is 39.2 Å². The number of carbonyl (C=O) groups excluding carboxylic acids is 2. The van der Waals surface area contributed by atoms with Gasteiger partial charge in [0.25, 0.3) is 0 Å². The Morgan fingerprint density at radius 2 is 1.69 bits per heavy atom. The van der Waals surface area contributed by atoms with Crippen LogP contribution in [0.4, 0.5) is 0 Å². The summed E-state index contributed by atoms with van der Waals surface area (Å²) in [7, 11) is 0. The van der Waals surface area contributed by atoms with Gasteiger partial charge in [0.1, 0.15) is 6.04 Å². The molecule has 0 aromatic heterocycles. The first-order valence-electron chi connectivity index (χ1n) is 9.17. The van der Waals surface area contributed by atoms with E-state index in [1.807, 2.05) is 44.2 Å². The summed E-state index contributed by atoms with van der Waals surface area (Å²) in [5, 5.41) is 9.41. The summed E-state index contributed by atoms with van der Waals surface area (Å²) in [5.41, 5.74) is 0.904. The monoisotopic (exact) mass is 360 g/mol. The number of piperidine rings is 1. The second-order valence-corrected chi connectivity index (χ2v) is 7.22. The van der Waals surface area contributed by atoms with Crippen LogP contribution in [-0.2, 0) is 20.9 Å². The number of hydrogen-bond acceptors (Lipinski definition) is 3. The van der Waals surface area contributed by atoms with Crippen LogP contribution in [0.3, 0.4) is 0 Å². The molecule has 26 heavy (non-hydrogen) atoms. The number of carboxylic acid groups (broad SMARTS) is 1. The van der Waals surface area contributed by atoms with Crippen molar-refractivity contribution in [1.82, 2.24) is 9.80 Å². The van der Waals surface area contributed by atoms with Gasteiger partial charge >= 0.3 is 5.97 Å². The van der Waals surface area contributed by atoms with E-state index >= 15 is 0 Å². The number of carboxylic acids is 1. The first kappa shape index (κ1) is 19.9. The molecule has 1 N–H and O–H groups in total. The van der Waals surface area contributed by atoms with Crippen LogP contribution < -0.4 is 0 Å². The zero-order valence-electron chi connectivity index (χ0n) is 15.7. The molecule has 2 rings (SSSR count). The van der Waals surface area contributed by atoms with Crippen molar-refractivity contribution < 1.29 is 19.5 Å². The van der Waals surface area contributed by atoms with Crippen molar-refractivity contribution in [2.75, 3.05) is 13.1 Å². The summed E-state index contributed by atoms with van der Waals surface area (Å²) in [5.74, 6) is -1.33. The van der Waals surface area contributed by atoms with Gasteiger partial charge in [0.2, 0.25) is 11.8 Å². The third-order valence-corrected chi connectivity index (χ3v) is 4.95. The number of nitrogens with zero attached hydrogens (tertiary/aromatic N) is 2. The Labute approximate surface area is 154 Å². The summed E-state index contributed by atoms with van der Waals surface area (Å²) in [4.78, 5) is 39.9. The lowest BCUT2D eigenvalue weighted by atomic mass is 9.93. The summed E-state index contributed by atoms with van der Waals surface area (Å²) in [6.07, 6.45) is 1.16. The third-order valence-electron chi connectivity index (χ3n) is 4.95. The van der Waals surface area contributed by atoms with Gasteiger partial charge in [-0.3, -0.25) is 9.59 Å². The van der Waals surface area contributed by atoms with Crippen LogP contribution in [0.25, 0.3) is 0 Å². The van der Waals surface area contributed by atoms with E-state index < -0.39 is 12.0 Å². The first-order chi connectivity index (χ1) is 12.3. The Hall–Kier alpha value is -2.37. The van der Waals surface area contributed by atoms with E-state index in [0.717, 1.165) is 5.56 Å². The second kappa shape index (κ2) is 8.83. The lowest BCUT2D eigenvalue weighted by Gasteiger charge is -2.36. The molecule has 1 aromatic rings. The predicted octanol–water partition coefficient (Wildman–Crippen LogP) is 2.38. The molecule has 1 aliphatic rings. The van der Waals surface area contributed by atoms with Gasteiger partial charge in [0, 0.05) is 31.5 Å². The maximum absolute atomic E-state index is 13.0. The van der Waals surface area contributed by atoms with Gasteiger partial charge in [0.05, 0.1) is 0 Å². The Morgan fingerprint density at radius 3 is 2.19 bits per heavy atom. The molecule has 6 nitrogen and oxygen atoms in total. The van der Waals surface area contributed by atoms with Gasteiger partial charge in [-0.15, -0.1) is 0 Å². The van der Waals surface area contributed by atoms with Gasteiger partial charge in [0.15, 0.2) is 0 Å². The second-order valence-electron chi connectivity index (χ2n) is 7.22. The number of benzene rings is 1. The van der Waals surface area contributed by atoms with Gasteiger partial charge in [-0.2, -0.15) is 0 Å². The molecular weight excluding hydrogens is 332 g/mol. The first-order valence-corrected chi connectivity index (χ1v) is 9.17. The summed E-state index contributed by atoms with van der Waals surface area (Å²) in [6, 6.07) is 8.52. The SMILES string of the molecule is CC(C)C(=O)N1CCC(C(=O)N(Cc2ccccc2)C(C)C(=O)O)CC1. The zero-order valence-corrected chi connectivity index (χ0v) is 15.7. The smallest absolute Gasteiger partial charge is 0.326 e. The van der Waals surface area contributed by atoms with E-state index in [0.29, 0.717) is 25.9 Å². The fourth-order valence-electron chi connectivity index (χ4n) is 3.27. The maximum atomic E-state index is 13.0. The molecule has 0 saturated carbocycles. The standard InChI is InChI=1S/C20H28N2O4/c1-14(2)18(23)21-11-9-17(10-12-21)19(24)22(15(3)20(25)26)13-16-7-5-4-6-8-16/h4-8,14-15,17H,9-13H2,1-3H3,(H,25,26). The fraction of sp³-hybridized carbons (Fsp3) is 0.550. The average Bonchev–Trinajstić information content (AvgIpc) is 2.65. The maximum Gasteiger partial charge on any atom is 0.326 e. The molecule has 1 heterocycles. The highest BCUT2D eigenvalue weighted by Gasteiger charge is 2.34. The molecule has 1 atom stereocenters. The van der Waals surface area contributed by atoms with Gasteiger partial charge in [-0.25, -0.2) is 4.79 Å². The van der Waals surface area contributed by atoms with Crippen molar-refractivity contribution in [3.63, 3.8) is 0 Å². The zero-order chi connectivity index (χ0) is 19.3. The molecule has 1 unspecified atom stereocenters. The molecule has 1 saturated heterocycles. The van der Waals surface area contributed by atoms with Crippen LogP contribution in [0.2, 0.25) is 0 Å². The minimum atomic E-state index is -1.01. The highest BCUT2D eigenvalue weighted by Crippen LogP contribution is 2.23. The molecule has 0 aliphatic carbocycles. The lowest BCUT2D eigenvalue weighted by Crippen LogP contribution is -2.49. The lowest BCUT2D eigenvalue weighted by molar-refractivity contribution is -0.153. The Bertz CT molecular complexity index is 636. The number of likely N-dealkylation sites (tertiary alicyclic amines) is 1. The molecule has 1 aliphatic heterocycles. The molecule has 0 spiro atoms. The van der Waals surface area contributed by atoms with Crippen molar-refractivity contribution in [3.05, 3.63) is 35.9 Å². The number of amides is 2. The fourth-order valence-corrected chi connectivity index (χ4v) is 3.27. The Morgan fingerprint density at radius 1 is 1.12 bits per heavy atom. The predicted molar refractivity (Wildman–Crippen MR) is 98.2 cm³/mol. The van der Waals surface area contributed by atoms with Crippen LogP contribution in [0, 0.1) is 11.8 Å². The molecule has 6 heteroatoms.